The Balaban J connectivity index is 2.53. The summed E-state index contributed by atoms with van der Waals surface area (Å²) in [4.78, 5) is 12.5. The minimum Gasteiger partial charge on any atom is -0.373 e. The van der Waals surface area contributed by atoms with Crippen LogP contribution in [0.5, 0.6) is 0 Å². The van der Waals surface area contributed by atoms with E-state index in [1.54, 1.807) is 4.90 Å². The zero-order valence-corrected chi connectivity index (χ0v) is 7.19. The van der Waals surface area contributed by atoms with Gasteiger partial charge < -0.3 is 21.1 Å². The fraction of sp³-hybridized carbons (Fsp3) is 0.857. The van der Waals surface area contributed by atoms with Crippen LogP contribution in [-0.4, -0.2) is 42.8 Å². The number of carbonyl (C=O) groups is 1. The molecule has 4 N–H and O–H groups in total. The summed E-state index contributed by atoms with van der Waals surface area (Å²) in [6, 6.07) is -0.338. The molecule has 2 unspecified atom stereocenters. The average Bonchev–Trinajstić information content (AvgIpc) is 2.05. The van der Waals surface area contributed by atoms with Crippen molar-refractivity contribution in [3.05, 3.63) is 0 Å². The zero-order valence-electron chi connectivity index (χ0n) is 7.19. The van der Waals surface area contributed by atoms with Gasteiger partial charge in [-0.15, -0.1) is 0 Å². The highest BCUT2D eigenvalue weighted by molar-refractivity contribution is 5.72. The molecule has 12 heavy (non-hydrogen) atoms. The van der Waals surface area contributed by atoms with Crippen molar-refractivity contribution in [3.63, 3.8) is 0 Å². The second-order valence-electron chi connectivity index (χ2n) is 3.03. The summed E-state index contributed by atoms with van der Waals surface area (Å²) in [5.41, 5.74) is 10.6. The van der Waals surface area contributed by atoms with E-state index in [1.165, 1.54) is 0 Å². The van der Waals surface area contributed by atoms with Crippen LogP contribution in [0, 0.1) is 0 Å². The number of hydrogen-bond acceptors (Lipinski definition) is 3. The van der Waals surface area contributed by atoms with Crippen LogP contribution in [0.3, 0.4) is 0 Å². The third-order valence-electron chi connectivity index (χ3n) is 2.05. The van der Waals surface area contributed by atoms with Crippen LogP contribution in [-0.2, 0) is 4.74 Å². The van der Waals surface area contributed by atoms with Crippen molar-refractivity contribution in [2.45, 2.75) is 19.1 Å². The first-order valence-electron chi connectivity index (χ1n) is 4.03. The smallest absolute Gasteiger partial charge is 0.315 e. The van der Waals surface area contributed by atoms with Crippen LogP contribution >= 0.6 is 0 Å². The molecule has 0 saturated carbocycles. The Hall–Kier alpha value is -0.810. The normalized spacial score (nSPS) is 30.3. The third kappa shape index (κ3) is 1.86. The molecule has 0 spiro atoms. The molecule has 0 radical (unpaired) electrons. The molecule has 70 valence electrons. The lowest BCUT2D eigenvalue weighted by atomic mass is 10.2. The van der Waals surface area contributed by atoms with Gasteiger partial charge in [0.2, 0.25) is 0 Å². The van der Waals surface area contributed by atoms with Gasteiger partial charge in [-0.2, -0.15) is 0 Å². The summed E-state index contributed by atoms with van der Waals surface area (Å²) in [6.07, 6.45) is -0.0614. The van der Waals surface area contributed by atoms with Gasteiger partial charge >= 0.3 is 6.03 Å². The molecule has 2 atom stereocenters. The van der Waals surface area contributed by atoms with E-state index in [1.807, 2.05) is 6.92 Å². The lowest BCUT2D eigenvalue weighted by Crippen LogP contribution is -2.54. The summed E-state index contributed by atoms with van der Waals surface area (Å²) in [5.74, 6) is 0. The van der Waals surface area contributed by atoms with E-state index < -0.39 is 6.03 Å². The molecule has 5 heteroatoms. The van der Waals surface area contributed by atoms with Crippen molar-refractivity contribution < 1.29 is 9.53 Å². The van der Waals surface area contributed by atoms with Crippen molar-refractivity contribution >= 4 is 6.03 Å². The second-order valence-corrected chi connectivity index (χ2v) is 3.03. The van der Waals surface area contributed by atoms with Crippen molar-refractivity contribution in [1.82, 2.24) is 4.90 Å². The molecule has 0 bridgehead atoms. The Bertz CT molecular complexity index is 174. The van der Waals surface area contributed by atoms with Gasteiger partial charge in [0.1, 0.15) is 0 Å². The first kappa shape index (κ1) is 9.28. The van der Waals surface area contributed by atoms with Crippen LogP contribution in [0.25, 0.3) is 0 Å². The molecule has 5 nitrogen and oxygen atoms in total. The predicted octanol–water partition coefficient (Wildman–Crippen LogP) is -0.887. The molecule has 0 aromatic rings. The van der Waals surface area contributed by atoms with Crippen molar-refractivity contribution in [3.8, 4) is 0 Å². The van der Waals surface area contributed by atoms with E-state index in [-0.39, 0.29) is 12.1 Å². The topological polar surface area (TPSA) is 81.6 Å². The van der Waals surface area contributed by atoms with Crippen molar-refractivity contribution in [2.75, 3.05) is 19.7 Å². The Kier molecular flexibility index (Phi) is 2.88. The molecule has 1 aliphatic heterocycles. The number of morpholine rings is 1. The number of ether oxygens (including phenoxy) is 1. The van der Waals surface area contributed by atoms with Gasteiger partial charge in [0, 0.05) is 6.54 Å². The SMILES string of the molecule is CC1COC(CN)CN1C(N)=O. The zero-order chi connectivity index (χ0) is 9.14. The lowest BCUT2D eigenvalue weighted by molar-refractivity contribution is -0.0348. The van der Waals surface area contributed by atoms with Crippen LogP contribution in [0.2, 0.25) is 0 Å². The van der Waals surface area contributed by atoms with Crippen molar-refractivity contribution in [2.24, 2.45) is 11.5 Å². The van der Waals surface area contributed by atoms with Crippen LogP contribution in [0.4, 0.5) is 4.79 Å². The van der Waals surface area contributed by atoms with Gasteiger partial charge in [0.15, 0.2) is 0 Å². The number of amides is 2. The van der Waals surface area contributed by atoms with E-state index >= 15 is 0 Å². The molecular weight excluding hydrogens is 158 g/mol. The molecular formula is C7H15N3O2. The highest BCUT2D eigenvalue weighted by atomic mass is 16.5. The summed E-state index contributed by atoms with van der Waals surface area (Å²) < 4.78 is 5.35. The molecule has 1 heterocycles. The molecule has 1 rings (SSSR count). The molecule has 0 aromatic heterocycles. The van der Waals surface area contributed by atoms with Gasteiger partial charge in [0.05, 0.1) is 25.3 Å². The number of hydrogen-bond donors (Lipinski definition) is 2. The van der Waals surface area contributed by atoms with Gasteiger partial charge in [-0.05, 0) is 6.92 Å². The Morgan fingerprint density at radius 3 is 2.92 bits per heavy atom. The van der Waals surface area contributed by atoms with Crippen LogP contribution in [0.1, 0.15) is 6.92 Å². The fourth-order valence-corrected chi connectivity index (χ4v) is 1.27. The summed E-state index contributed by atoms with van der Waals surface area (Å²) in [7, 11) is 0. The Morgan fingerprint density at radius 2 is 2.42 bits per heavy atom. The minimum atomic E-state index is -0.399. The highest BCUT2D eigenvalue weighted by Crippen LogP contribution is 2.09. The quantitative estimate of drug-likeness (QED) is 0.540. The van der Waals surface area contributed by atoms with Gasteiger partial charge in [-0.25, -0.2) is 4.79 Å². The third-order valence-corrected chi connectivity index (χ3v) is 2.05. The molecule has 0 aromatic carbocycles. The molecule has 2 amide bonds. The first-order chi connectivity index (χ1) is 5.65. The molecule has 1 fully saturated rings. The molecule has 1 saturated heterocycles. The van der Waals surface area contributed by atoms with Crippen LogP contribution in [0.15, 0.2) is 0 Å². The van der Waals surface area contributed by atoms with Gasteiger partial charge in [0.25, 0.3) is 0 Å². The number of carbonyl (C=O) groups excluding carboxylic acids is 1. The van der Waals surface area contributed by atoms with Gasteiger partial charge in [-0.3, -0.25) is 0 Å². The predicted molar refractivity (Wildman–Crippen MR) is 44.5 cm³/mol. The van der Waals surface area contributed by atoms with Crippen molar-refractivity contribution in [1.29, 1.82) is 0 Å². The number of nitrogens with two attached hydrogens (primary N) is 2. The Labute approximate surface area is 71.6 Å². The minimum absolute atomic E-state index is 0.0605. The average molecular weight is 173 g/mol. The summed E-state index contributed by atoms with van der Waals surface area (Å²) in [6.45, 7) is 3.35. The maximum atomic E-state index is 10.9. The number of urea groups is 1. The monoisotopic (exact) mass is 173 g/mol. The number of nitrogens with zero attached hydrogens (tertiary/aromatic N) is 1. The largest absolute Gasteiger partial charge is 0.373 e. The fourth-order valence-electron chi connectivity index (χ4n) is 1.27. The highest BCUT2D eigenvalue weighted by Gasteiger charge is 2.27. The lowest BCUT2D eigenvalue weighted by Gasteiger charge is -2.36. The van der Waals surface area contributed by atoms with E-state index in [9.17, 15) is 4.79 Å². The standard InChI is InChI=1S/C7H15N3O2/c1-5-4-12-6(2-8)3-10(5)7(9)11/h5-6H,2-4,8H2,1H3,(H2,9,11). The molecule has 1 aliphatic rings. The number of primary amides is 1. The maximum absolute atomic E-state index is 10.9. The van der Waals surface area contributed by atoms with E-state index in [0.29, 0.717) is 19.7 Å². The summed E-state index contributed by atoms with van der Waals surface area (Å²) in [5, 5.41) is 0. The maximum Gasteiger partial charge on any atom is 0.315 e. The Morgan fingerprint density at radius 1 is 1.75 bits per heavy atom. The van der Waals surface area contributed by atoms with E-state index in [2.05, 4.69) is 0 Å². The second kappa shape index (κ2) is 3.73. The van der Waals surface area contributed by atoms with Crippen LogP contribution < -0.4 is 11.5 Å². The van der Waals surface area contributed by atoms with E-state index in [0.717, 1.165) is 0 Å². The summed E-state index contributed by atoms with van der Waals surface area (Å²) >= 11 is 0. The first-order valence-corrected chi connectivity index (χ1v) is 4.03. The molecule has 0 aliphatic carbocycles. The van der Waals surface area contributed by atoms with Gasteiger partial charge in [-0.1, -0.05) is 0 Å². The number of rotatable bonds is 1. The van der Waals surface area contributed by atoms with E-state index in [4.69, 9.17) is 16.2 Å².